The first-order valence-corrected chi connectivity index (χ1v) is 5.40. The Kier molecular flexibility index (Phi) is 10.8. The Bertz CT molecular complexity index is 160. The van der Waals surface area contributed by atoms with Gasteiger partial charge in [0, 0.05) is 0 Å². The molecule has 1 atom stereocenters. The molecule has 0 aromatic heterocycles. The lowest BCUT2D eigenvalue weighted by atomic mass is 9.98. The number of rotatable bonds is 4. The van der Waals surface area contributed by atoms with E-state index in [0.29, 0.717) is 5.12 Å². The smallest absolute Gasteiger partial charge is 0.343 e. The van der Waals surface area contributed by atoms with Crippen LogP contribution in [0.15, 0.2) is 0 Å². The van der Waals surface area contributed by atoms with Gasteiger partial charge in [-0.15, -0.1) is 0 Å². The molecule has 0 aliphatic heterocycles. The van der Waals surface area contributed by atoms with Gasteiger partial charge >= 0.3 is 6.03 Å². The molecule has 5 heteroatoms. The summed E-state index contributed by atoms with van der Waals surface area (Å²) >= 11 is 0. The number of carbonyl (C=O) groups excluding carboxylic acids is 1. The highest BCUT2D eigenvalue weighted by molar-refractivity contribution is 5.70. The average Bonchev–Trinajstić information content (AvgIpc) is 2.14. The highest BCUT2D eigenvalue weighted by atomic mass is 16.2. The first kappa shape index (κ1) is 16.6. The van der Waals surface area contributed by atoms with Crippen molar-refractivity contribution < 1.29 is 4.79 Å². The molecule has 0 radical (unpaired) electrons. The van der Waals surface area contributed by atoms with Crippen LogP contribution in [-0.2, 0) is 0 Å². The van der Waals surface area contributed by atoms with Crippen molar-refractivity contribution in [2.45, 2.75) is 47.0 Å². The van der Waals surface area contributed by atoms with E-state index >= 15 is 0 Å². The molecule has 0 aliphatic rings. The zero-order valence-electron chi connectivity index (χ0n) is 10.4. The molecule has 5 nitrogen and oxygen atoms in total. The number of primary amides is 1. The lowest BCUT2D eigenvalue weighted by Gasteiger charge is -2.09. The van der Waals surface area contributed by atoms with Crippen LogP contribution in [0.3, 0.4) is 0 Å². The van der Waals surface area contributed by atoms with Crippen LogP contribution in [0.4, 0.5) is 4.79 Å². The molecule has 0 saturated heterocycles. The molecule has 6 N–H and O–H groups in total. The molecule has 0 rings (SSSR count). The Morgan fingerprint density at radius 1 is 1.20 bits per heavy atom. The van der Waals surface area contributed by atoms with E-state index in [2.05, 4.69) is 45.1 Å². The third-order valence-corrected chi connectivity index (χ3v) is 2.19. The van der Waals surface area contributed by atoms with E-state index in [-0.39, 0.29) is 0 Å². The van der Waals surface area contributed by atoms with Gasteiger partial charge in [-0.25, -0.2) is 16.5 Å². The summed E-state index contributed by atoms with van der Waals surface area (Å²) in [4.78, 5) is 9.60. The zero-order chi connectivity index (χ0) is 12.4. The molecule has 0 saturated carbocycles. The van der Waals surface area contributed by atoms with Gasteiger partial charge in [-0.1, -0.05) is 47.0 Å². The fourth-order valence-electron chi connectivity index (χ4n) is 0.822. The highest BCUT2D eigenvalue weighted by Gasteiger charge is 1.99. The number of hydrogen-bond acceptors (Lipinski definition) is 3. The quantitative estimate of drug-likeness (QED) is 0.379. The fourth-order valence-corrected chi connectivity index (χ4v) is 0.822. The third-order valence-electron chi connectivity index (χ3n) is 2.19. The summed E-state index contributed by atoms with van der Waals surface area (Å²) in [7, 11) is 0. The van der Waals surface area contributed by atoms with E-state index in [0.717, 1.165) is 11.8 Å². The predicted molar refractivity (Wildman–Crippen MR) is 63.3 cm³/mol. The van der Waals surface area contributed by atoms with Crippen LogP contribution in [0.5, 0.6) is 0 Å². The summed E-state index contributed by atoms with van der Waals surface area (Å²) in [6, 6.07) is -0.852. The average molecular weight is 218 g/mol. The number of carbonyl (C=O) groups is 1. The van der Waals surface area contributed by atoms with Gasteiger partial charge in [-0.2, -0.15) is 5.12 Å². The van der Waals surface area contributed by atoms with Crippen LogP contribution < -0.4 is 17.4 Å². The SMILES string of the molecule is CCC(C)CCC(C)C.NC(=O)N(N)N. The van der Waals surface area contributed by atoms with E-state index in [9.17, 15) is 4.79 Å². The van der Waals surface area contributed by atoms with E-state index in [1.54, 1.807) is 0 Å². The molecule has 0 fully saturated rings. The van der Waals surface area contributed by atoms with E-state index in [4.69, 9.17) is 0 Å². The van der Waals surface area contributed by atoms with Crippen molar-refractivity contribution in [2.24, 2.45) is 29.3 Å². The minimum absolute atomic E-state index is 0.306. The van der Waals surface area contributed by atoms with Gasteiger partial charge in [-0.3, -0.25) is 0 Å². The van der Waals surface area contributed by atoms with Crippen LogP contribution in [0.2, 0.25) is 0 Å². The van der Waals surface area contributed by atoms with E-state index in [1.165, 1.54) is 19.3 Å². The molecule has 0 aromatic carbocycles. The Hall–Kier alpha value is -0.810. The molecule has 0 aliphatic carbocycles. The number of nitrogens with two attached hydrogens (primary N) is 3. The Balaban J connectivity index is 0. The lowest BCUT2D eigenvalue weighted by molar-refractivity contribution is 0.210. The second kappa shape index (κ2) is 9.73. The summed E-state index contributed by atoms with van der Waals surface area (Å²) in [6.07, 6.45) is 4.15. The van der Waals surface area contributed by atoms with Gasteiger partial charge in [0.1, 0.15) is 0 Å². The summed E-state index contributed by atoms with van der Waals surface area (Å²) in [6.45, 7) is 9.19. The maximum Gasteiger partial charge on any atom is 0.343 e. The van der Waals surface area contributed by atoms with Crippen LogP contribution >= 0.6 is 0 Å². The molecular formula is C10H26N4O. The monoisotopic (exact) mass is 218 g/mol. The molecule has 0 aromatic rings. The van der Waals surface area contributed by atoms with Crippen LogP contribution in [-0.4, -0.2) is 11.1 Å². The molecule has 92 valence electrons. The molecule has 1 unspecified atom stereocenters. The number of urea groups is 1. The minimum Gasteiger partial charge on any atom is -0.349 e. The Morgan fingerprint density at radius 2 is 1.60 bits per heavy atom. The van der Waals surface area contributed by atoms with Gasteiger partial charge in [0.25, 0.3) is 0 Å². The first-order valence-electron chi connectivity index (χ1n) is 5.40. The number of nitrogens with zero attached hydrogens (tertiary/aromatic N) is 1. The summed E-state index contributed by atoms with van der Waals surface area (Å²) in [5.74, 6) is 11.0. The van der Waals surface area contributed by atoms with Crippen molar-refractivity contribution in [3.8, 4) is 0 Å². The third kappa shape index (κ3) is 15.9. The maximum atomic E-state index is 9.60. The second-order valence-corrected chi connectivity index (χ2v) is 4.23. The van der Waals surface area contributed by atoms with Crippen LogP contribution in [0, 0.1) is 11.8 Å². The fraction of sp³-hybridized carbons (Fsp3) is 0.900. The Labute approximate surface area is 92.9 Å². The largest absolute Gasteiger partial charge is 0.349 e. The van der Waals surface area contributed by atoms with Gasteiger partial charge in [-0.05, 0) is 11.8 Å². The van der Waals surface area contributed by atoms with Gasteiger partial charge in [0.2, 0.25) is 0 Å². The van der Waals surface area contributed by atoms with E-state index < -0.39 is 6.03 Å². The highest BCUT2D eigenvalue weighted by Crippen LogP contribution is 2.13. The molecule has 2 amide bonds. The van der Waals surface area contributed by atoms with Crippen molar-refractivity contribution in [1.29, 1.82) is 0 Å². The van der Waals surface area contributed by atoms with Crippen molar-refractivity contribution in [2.75, 3.05) is 0 Å². The molecule has 0 heterocycles. The Morgan fingerprint density at radius 3 is 1.80 bits per heavy atom. The number of hydrazine groups is 2. The normalized spacial score (nSPS) is 11.7. The molecule has 15 heavy (non-hydrogen) atoms. The molecular weight excluding hydrogens is 192 g/mol. The van der Waals surface area contributed by atoms with Crippen molar-refractivity contribution in [3.05, 3.63) is 0 Å². The first-order chi connectivity index (χ1) is 6.81. The number of hydrogen-bond donors (Lipinski definition) is 3. The van der Waals surface area contributed by atoms with Crippen molar-refractivity contribution >= 4 is 6.03 Å². The topological polar surface area (TPSA) is 98.4 Å². The molecule has 0 spiro atoms. The molecule has 0 bridgehead atoms. The maximum absolute atomic E-state index is 9.60. The zero-order valence-corrected chi connectivity index (χ0v) is 10.4. The van der Waals surface area contributed by atoms with Crippen LogP contribution in [0.1, 0.15) is 47.0 Å². The summed E-state index contributed by atoms with van der Waals surface area (Å²) in [5, 5.41) is 0.306. The van der Waals surface area contributed by atoms with Gasteiger partial charge in [0.05, 0.1) is 0 Å². The minimum atomic E-state index is -0.852. The van der Waals surface area contributed by atoms with Crippen molar-refractivity contribution in [1.82, 2.24) is 5.12 Å². The van der Waals surface area contributed by atoms with Gasteiger partial charge < -0.3 is 5.73 Å². The lowest BCUT2D eigenvalue weighted by Crippen LogP contribution is -2.46. The van der Waals surface area contributed by atoms with Crippen molar-refractivity contribution in [3.63, 3.8) is 0 Å². The predicted octanol–water partition coefficient (Wildman–Crippen LogP) is 1.58. The summed E-state index contributed by atoms with van der Waals surface area (Å²) < 4.78 is 0. The second-order valence-electron chi connectivity index (χ2n) is 4.23. The number of amides is 2. The summed E-state index contributed by atoms with van der Waals surface area (Å²) in [5.41, 5.74) is 4.47. The van der Waals surface area contributed by atoms with Gasteiger partial charge in [0.15, 0.2) is 0 Å². The standard InChI is InChI=1S/C9H20.CH6N4O/c1-5-9(4)7-6-8(2)3;2-1(6)5(3)4/h8-9H,5-7H2,1-4H3;3-4H2,(H2,2,6). The van der Waals surface area contributed by atoms with E-state index in [1.807, 2.05) is 0 Å². The van der Waals surface area contributed by atoms with Crippen LogP contribution in [0.25, 0.3) is 0 Å².